The van der Waals surface area contributed by atoms with Crippen molar-refractivity contribution in [2.45, 2.75) is 24.4 Å². The quantitative estimate of drug-likeness (QED) is 0.600. The fraction of sp³-hybridized carbons (Fsp3) is 0.364. The maximum absolute atomic E-state index is 11.1. The van der Waals surface area contributed by atoms with E-state index in [1.165, 1.54) is 12.4 Å². The molecule has 0 spiro atoms. The second kappa shape index (κ2) is 6.25. The maximum atomic E-state index is 11.1. The molecule has 0 saturated carbocycles. The number of hydrogen-bond donors (Lipinski definition) is 1. The summed E-state index contributed by atoms with van der Waals surface area (Å²) in [5.41, 5.74) is 5.71. The third kappa shape index (κ3) is 5.05. The number of carbonyl (C=O) groups is 1. The Morgan fingerprint density at radius 3 is 2.50 bits per heavy atom. The molecular formula is C11H15N3O3S. The third-order valence-corrected chi connectivity index (χ3v) is 2.96. The van der Waals surface area contributed by atoms with E-state index in [9.17, 15) is 13.2 Å². The molecule has 6 nitrogen and oxygen atoms in total. The van der Waals surface area contributed by atoms with E-state index in [2.05, 4.69) is 9.97 Å². The molecule has 18 heavy (non-hydrogen) atoms. The lowest BCUT2D eigenvalue weighted by Crippen LogP contribution is -2.09. The van der Waals surface area contributed by atoms with Gasteiger partial charge in [-0.2, -0.15) is 0 Å². The summed E-state index contributed by atoms with van der Waals surface area (Å²) in [7, 11) is -3.36. The minimum Gasteiger partial charge on any atom is -0.370 e. The number of unbranched alkanes of at least 4 members (excludes halogenated alkanes) is 1. The largest absolute Gasteiger partial charge is 0.370 e. The topological polar surface area (TPSA) is 103 Å². The summed E-state index contributed by atoms with van der Waals surface area (Å²) in [6.45, 7) is 0. The van der Waals surface area contributed by atoms with E-state index in [0.717, 1.165) is 12.7 Å². The van der Waals surface area contributed by atoms with Crippen molar-refractivity contribution in [3.05, 3.63) is 24.0 Å². The number of nitrogens with two attached hydrogens (primary N) is 1. The average Bonchev–Trinajstić information content (AvgIpc) is 2.27. The van der Waals surface area contributed by atoms with E-state index in [1.54, 1.807) is 6.08 Å². The number of amides is 1. The number of allylic oxidation sites excluding steroid dienone is 1. The average molecular weight is 269 g/mol. The van der Waals surface area contributed by atoms with Crippen LogP contribution < -0.4 is 5.73 Å². The predicted molar refractivity (Wildman–Crippen MR) is 67.2 cm³/mol. The van der Waals surface area contributed by atoms with Gasteiger partial charge in [-0.05, 0) is 12.8 Å². The highest BCUT2D eigenvalue weighted by molar-refractivity contribution is 7.90. The molecule has 0 aliphatic heterocycles. The molecule has 0 radical (unpaired) electrons. The van der Waals surface area contributed by atoms with Crippen LogP contribution in [0.1, 0.15) is 24.8 Å². The Morgan fingerprint density at radius 1 is 1.39 bits per heavy atom. The molecule has 1 amide bonds. The van der Waals surface area contributed by atoms with Crippen molar-refractivity contribution in [3.8, 4) is 0 Å². The summed E-state index contributed by atoms with van der Waals surface area (Å²) < 4.78 is 22.2. The summed E-state index contributed by atoms with van der Waals surface area (Å²) in [5, 5.41) is -0.187. The molecule has 0 aliphatic carbocycles. The van der Waals surface area contributed by atoms with Crippen molar-refractivity contribution in [2.75, 3.05) is 6.26 Å². The van der Waals surface area contributed by atoms with Crippen LogP contribution in [0.4, 0.5) is 0 Å². The molecule has 1 aromatic heterocycles. The number of sulfone groups is 1. The lowest BCUT2D eigenvalue weighted by Gasteiger charge is -1.96. The number of rotatable bonds is 6. The Labute approximate surface area is 106 Å². The summed E-state index contributed by atoms with van der Waals surface area (Å²) in [4.78, 5) is 18.0. The van der Waals surface area contributed by atoms with Gasteiger partial charge in [-0.3, -0.25) is 4.79 Å². The summed E-state index contributed by atoms with van der Waals surface area (Å²) in [5.74, 6) is -0.316. The fourth-order valence-corrected chi connectivity index (χ4v) is 1.71. The zero-order valence-corrected chi connectivity index (χ0v) is 10.9. The van der Waals surface area contributed by atoms with Crippen molar-refractivity contribution >= 4 is 21.8 Å². The first kappa shape index (κ1) is 14.3. The second-order valence-electron chi connectivity index (χ2n) is 3.83. The van der Waals surface area contributed by atoms with Crippen LogP contribution in [0.25, 0.3) is 6.08 Å². The molecule has 7 heteroatoms. The lowest BCUT2D eigenvalue weighted by atomic mass is 10.2. The van der Waals surface area contributed by atoms with Crippen LogP contribution in [0.2, 0.25) is 0 Å². The number of nitrogens with zero attached hydrogens (tertiary/aromatic N) is 2. The number of carbonyl (C=O) groups excluding carboxylic acids is 1. The standard InChI is InChI=1S/C11H15N3O3S/c1-18(16,17)11-13-7-9(8-14-11)5-3-2-4-6-10(12)15/h3,5,7-8H,2,4,6H2,1H3,(H2,12,15). The molecule has 0 unspecified atom stereocenters. The van der Waals surface area contributed by atoms with E-state index < -0.39 is 9.84 Å². The van der Waals surface area contributed by atoms with Crippen molar-refractivity contribution in [1.82, 2.24) is 9.97 Å². The molecule has 1 rings (SSSR count). The Hall–Kier alpha value is -1.76. The van der Waals surface area contributed by atoms with Crippen LogP contribution in [0.15, 0.2) is 23.6 Å². The Balaban J connectivity index is 2.54. The highest BCUT2D eigenvalue weighted by Gasteiger charge is 2.09. The monoisotopic (exact) mass is 269 g/mol. The highest BCUT2D eigenvalue weighted by Crippen LogP contribution is 2.05. The number of hydrogen-bond acceptors (Lipinski definition) is 5. The van der Waals surface area contributed by atoms with Gasteiger partial charge in [0.2, 0.25) is 20.9 Å². The second-order valence-corrected chi connectivity index (χ2v) is 5.74. The molecule has 0 saturated heterocycles. The van der Waals surface area contributed by atoms with Gasteiger partial charge < -0.3 is 5.73 Å². The number of aromatic nitrogens is 2. The van der Waals surface area contributed by atoms with Crippen molar-refractivity contribution in [3.63, 3.8) is 0 Å². The Bertz CT molecular complexity index is 535. The molecule has 2 N–H and O–H groups in total. The minimum absolute atomic E-state index is 0.187. The van der Waals surface area contributed by atoms with Crippen LogP contribution in [0.3, 0.4) is 0 Å². The molecule has 0 atom stereocenters. The van der Waals surface area contributed by atoms with Gasteiger partial charge in [0.25, 0.3) is 0 Å². The van der Waals surface area contributed by atoms with Crippen molar-refractivity contribution in [1.29, 1.82) is 0 Å². The Kier molecular flexibility index (Phi) is 4.96. The lowest BCUT2D eigenvalue weighted by molar-refractivity contribution is -0.118. The zero-order chi connectivity index (χ0) is 13.6. The van der Waals surface area contributed by atoms with Crippen LogP contribution in [-0.2, 0) is 14.6 Å². The fourth-order valence-electron chi connectivity index (χ4n) is 1.22. The predicted octanol–water partition coefficient (Wildman–Crippen LogP) is 0.549. The van der Waals surface area contributed by atoms with Crippen LogP contribution in [0, 0.1) is 0 Å². The van der Waals surface area contributed by atoms with E-state index in [0.29, 0.717) is 18.4 Å². The van der Waals surface area contributed by atoms with Gasteiger partial charge in [0.1, 0.15) is 0 Å². The van der Waals surface area contributed by atoms with Gasteiger partial charge in [0, 0.05) is 30.6 Å². The van der Waals surface area contributed by atoms with Crippen LogP contribution in [-0.4, -0.2) is 30.5 Å². The van der Waals surface area contributed by atoms with E-state index in [4.69, 9.17) is 5.73 Å². The van der Waals surface area contributed by atoms with E-state index in [1.807, 2.05) is 6.08 Å². The molecular weight excluding hydrogens is 254 g/mol. The van der Waals surface area contributed by atoms with Gasteiger partial charge in [-0.25, -0.2) is 18.4 Å². The van der Waals surface area contributed by atoms with Crippen molar-refractivity contribution < 1.29 is 13.2 Å². The van der Waals surface area contributed by atoms with Gasteiger partial charge >= 0.3 is 0 Å². The van der Waals surface area contributed by atoms with E-state index >= 15 is 0 Å². The van der Waals surface area contributed by atoms with Gasteiger partial charge in [0.05, 0.1) is 0 Å². The molecule has 0 aromatic carbocycles. The normalized spacial score (nSPS) is 11.8. The summed E-state index contributed by atoms with van der Waals surface area (Å²) in [6.07, 6.45) is 9.33. The molecule has 0 fully saturated rings. The smallest absolute Gasteiger partial charge is 0.246 e. The highest BCUT2D eigenvalue weighted by atomic mass is 32.2. The SMILES string of the molecule is CS(=O)(=O)c1ncc(C=CCCCC(N)=O)cn1. The molecule has 1 heterocycles. The number of primary amides is 1. The van der Waals surface area contributed by atoms with Crippen LogP contribution >= 0.6 is 0 Å². The van der Waals surface area contributed by atoms with Crippen LogP contribution in [0.5, 0.6) is 0 Å². The first-order valence-electron chi connectivity index (χ1n) is 5.36. The van der Waals surface area contributed by atoms with Gasteiger partial charge in [0.15, 0.2) is 0 Å². The van der Waals surface area contributed by atoms with Gasteiger partial charge in [-0.1, -0.05) is 12.2 Å². The first-order chi connectivity index (χ1) is 8.39. The van der Waals surface area contributed by atoms with Gasteiger partial charge in [-0.15, -0.1) is 0 Å². The molecule has 98 valence electrons. The van der Waals surface area contributed by atoms with Crippen molar-refractivity contribution in [2.24, 2.45) is 5.73 Å². The first-order valence-corrected chi connectivity index (χ1v) is 7.25. The molecule has 0 bridgehead atoms. The summed E-state index contributed by atoms with van der Waals surface area (Å²) >= 11 is 0. The third-order valence-electron chi connectivity index (χ3n) is 2.08. The minimum atomic E-state index is -3.36. The van der Waals surface area contributed by atoms with E-state index in [-0.39, 0.29) is 11.1 Å². The summed E-state index contributed by atoms with van der Waals surface area (Å²) in [6, 6.07) is 0. The zero-order valence-electron chi connectivity index (χ0n) is 10.0. The Morgan fingerprint density at radius 2 is 2.00 bits per heavy atom. The maximum Gasteiger partial charge on any atom is 0.246 e. The molecule has 1 aromatic rings. The molecule has 0 aliphatic rings.